The van der Waals surface area contributed by atoms with E-state index in [1.165, 1.54) is 24.8 Å². The van der Waals surface area contributed by atoms with E-state index < -0.39 is 5.97 Å². The lowest BCUT2D eigenvalue weighted by Crippen LogP contribution is -2.25. The molecule has 2 bridgehead atoms. The Hall–Kier alpha value is -1.61. The minimum atomic E-state index is -0.704. The van der Waals surface area contributed by atoms with Gasteiger partial charge in [0.1, 0.15) is 0 Å². The van der Waals surface area contributed by atoms with Gasteiger partial charge in [-0.1, -0.05) is 49.4 Å². The van der Waals surface area contributed by atoms with Gasteiger partial charge < -0.3 is 10.2 Å². The molecular weight excluding hydrogens is 348 g/mol. The number of aliphatic carboxylic acids is 1. The van der Waals surface area contributed by atoms with Gasteiger partial charge in [-0.3, -0.25) is 4.79 Å². The number of rotatable bonds is 11. The predicted octanol–water partition coefficient (Wildman–Crippen LogP) is 5.79. The zero-order valence-corrected chi connectivity index (χ0v) is 17.2. The van der Waals surface area contributed by atoms with Crippen LogP contribution in [0.25, 0.3) is 0 Å². The molecule has 0 saturated heterocycles. The summed E-state index contributed by atoms with van der Waals surface area (Å²) in [5.41, 5.74) is 1.23. The maximum absolute atomic E-state index is 10.7. The molecule has 3 rings (SSSR count). The minimum absolute atomic E-state index is 0.187. The van der Waals surface area contributed by atoms with Gasteiger partial charge in [-0.25, -0.2) is 0 Å². The highest BCUT2D eigenvalue weighted by atomic mass is 16.4. The topological polar surface area (TPSA) is 57.5 Å². The number of aliphatic hydroxyl groups excluding tert-OH is 1. The number of carboxylic acids is 1. The maximum Gasteiger partial charge on any atom is 0.303 e. The highest BCUT2D eigenvalue weighted by molar-refractivity contribution is 5.66. The lowest BCUT2D eigenvalue weighted by molar-refractivity contribution is -0.137. The summed E-state index contributed by atoms with van der Waals surface area (Å²) in [6.45, 7) is 2.14. The summed E-state index contributed by atoms with van der Waals surface area (Å²) in [5.74, 6) is 2.71. The van der Waals surface area contributed by atoms with E-state index >= 15 is 0 Å². The molecule has 1 aromatic rings. The van der Waals surface area contributed by atoms with Gasteiger partial charge in [-0.2, -0.15) is 0 Å². The Labute approximate surface area is 169 Å². The third-order valence-electron chi connectivity index (χ3n) is 7.31. The lowest BCUT2D eigenvalue weighted by Gasteiger charge is -2.32. The summed E-state index contributed by atoms with van der Waals surface area (Å²) in [6.07, 6.45) is 13.4. The van der Waals surface area contributed by atoms with E-state index in [1.54, 1.807) is 0 Å². The molecule has 2 saturated carbocycles. The Balaban J connectivity index is 1.47. The second kappa shape index (κ2) is 10.2. The SMILES string of the molecule is CC(c1ccccc1)C(O)CC[C@H]1[C@H]2CC[C@H](C2)[C@H]1C/C=C\CCCC(=O)O. The average molecular weight is 385 g/mol. The number of allylic oxidation sites excluding steroid dienone is 2. The number of hydrogen-bond acceptors (Lipinski definition) is 2. The summed E-state index contributed by atoms with van der Waals surface area (Å²) in [4.78, 5) is 10.6. The van der Waals surface area contributed by atoms with Crippen LogP contribution in [0.5, 0.6) is 0 Å². The van der Waals surface area contributed by atoms with Crippen LogP contribution in [0.2, 0.25) is 0 Å². The first-order valence-corrected chi connectivity index (χ1v) is 11.2. The van der Waals surface area contributed by atoms with Crippen molar-refractivity contribution in [2.45, 2.75) is 76.7 Å². The lowest BCUT2D eigenvalue weighted by atomic mass is 9.74. The monoisotopic (exact) mass is 384 g/mol. The normalized spacial score (nSPS) is 28.6. The second-order valence-corrected chi connectivity index (χ2v) is 9.00. The van der Waals surface area contributed by atoms with E-state index in [0.29, 0.717) is 0 Å². The fourth-order valence-electron chi connectivity index (χ4n) is 5.68. The Bertz CT molecular complexity index is 638. The van der Waals surface area contributed by atoms with Crippen LogP contribution in [-0.4, -0.2) is 22.3 Å². The quantitative estimate of drug-likeness (QED) is 0.375. The third kappa shape index (κ3) is 5.47. The second-order valence-electron chi connectivity index (χ2n) is 9.00. The highest BCUT2D eigenvalue weighted by Crippen LogP contribution is 2.55. The summed E-state index contributed by atoms with van der Waals surface area (Å²) in [6, 6.07) is 10.4. The van der Waals surface area contributed by atoms with Crippen LogP contribution in [0.15, 0.2) is 42.5 Å². The molecule has 3 nitrogen and oxygen atoms in total. The Morgan fingerprint density at radius 3 is 2.57 bits per heavy atom. The number of unbranched alkanes of at least 4 members (excludes halogenated alkanes) is 1. The molecule has 154 valence electrons. The molecule has 1 aromatic carbocycles. The van der Waals surface area contributed by atoms with Crippen molar-refractivity contribution in [3.05, 3.63) is 48.0 Å². The van der Waals surface area contributed by atoms with E-state index in [9.17, 15) is 9.90 Å². The predicted molar refractivity (Wildman–Crippen MR) is 113 cm³/mol. The summed E-state index contributed by atoms with van der Waals surface area (Å²) >= 11 is 0. The summed E-state index contributed by atoms with van der Waals surface area (Å²) in [7, 11) is 0. The first-order valence-electron chi connectivity index (χ1n) is 11.2. The van der Waals surface area contributed by atoms with E-state index in [0.717, 1.165) is 55.8 Å². The molecule has 0 spiro atoms. The van der Waals surface area contributed by atoms with E-state index in [2.05, 4.69) is 31.2 Å². The van der Waals surface area contributed by atoms with Gasteiger partial charge >= 0.3 is 5.97 Å². The van der Waals surface area contributed by atoms with Crippen LogP contribution < -0.4 is 0 Å². The molecule has 0 heterocycles. The molecule has 0 aromatic heterocycles. The summed E-state index contributed by atoms with van der Waals surface area (Å²) in [5, 5.41) is 19.5. The van der Waals surface area contributed by atoms with Crippen LogP contribution in [0.3, 0.4) is 0 Å². The first kappa shape index (κ1) is 21.1. The van der Waals surface area contributed by atoms with Gasteiger partial charge in [0.2, 0.25) is 0 Å². The molecular formula is C25H36O3. The third-order valence-corrected chi connectivity index (χ3v) is 7.31. The van der Waals surface area contributed by atoms with Crippen molar-refractivity contribution in [2.75, 3.05) is 0 Å². The van der Waals surface area contributed by atoms with E-state index in [1.807, 2.05) is 18.2 Å². The molecule has 6 atom stereocenters. The largest absolute Gasteiger partial charge is 0.481 e. The van der Waals surface area contributed by atoms with Crippen molar-refractivity contribution >= 4 is 5.97 Å². The number of carboxylic acid groups (broad SMARTS) is 1. The van der Waals surface area contributed by atoms with Gasteiger partial charge in [0, 0.05) is 12.3 Å². The molecule has 2 aliphatic carbocycles. The standard InChI is InChI=1S/C25H36O3/c1-18(19-9-5-4-6-10-19)24(26)16-15-23-21-14-13-20(17-21)22(23)11-7-2-3-8-12-25(27)28/h2,4-7,9-10,18,20-24,26H,3,8,11-17H2,1H3,(H,27,28)/b7-2-/t18?,20-,21+,22-,23+,24?/m1/s1. The number of benzene rings is 1. The van der Waals surface area contributed by atoms with Gasteiger partial charge in [-0.15, -0.1) is 0 Å². The Kier molecular flexibility index (Phi) is 7.73. The van der Waals surface area contributed by atoms with Gasteiger partial charge in [0.05, 0.1) is 6.10 Å². The Morgan fingerprint density at radius 2 is 1.86 bits per heavy atom. The molecule has 28 heavy (non-hydrogen) atoms. The van der Waals surface area contributed by atoms with Crippen molar-refractivity contribution in [1.29, 1.82) is 0 Å². The minimum Gasteiger partial charge on any atom is -0.481 e. The molecule has 0 amide bonds. The number of fused-ring (bicyclic) bond motifs is 2. The number of carbonyl (C=O) groups is 1. The van der Waals surface area contributed by atoms with E-state index in [4.69, 9.17) is 5.11 Å². The number of hydrogen-bond donors (Lipinski definition) is 2. The van der Waals surface area contributed by atoms with Crippen LogP contribution in [0, 0.1) is 23.7 Å². The molecule has 2 aliphatic rings. The summed E-state index contributed by atoms with van der Waals surface area (Å²) < 4.78 is 0. The van der Waals surface area contributed by atoms with Crippen molar-refractivity contribution in [3.63, 3.8) is 0 Å². The van der Waals surface area contributed by atoms with Crippen molar-refractivity contribution in [1.82, 2.24) is 0 Å². The zero-order valence-electron chi connectivity index (χ0n) is 17.2. The van der Waals surface area contributed by atoms with Crippen LogP contribution in [-0.2, 0) is 4.79 Å². The van der Waals surface area contributed by atoms with Gasteiger partial charge in [-0.05, 0) is 80.6 Å². The fourth-order valence-corrected chi connectivity index (χ4v) is 5.68. The molecule has 2 unspecified atom stereocenters. The van der Waals surface area contributed by atoms with Gasteiger partial charge in [0.25, 0.3) is 0 Å². The van der Waals surface area contributed by atoms with E-state index in [-0.39, 0.29) is 18.4 Å². The van der Waals surface area contributed by atoms with Crippen molar-refractivity contribution in [3.8, 4) is 0 Å². The molecule has 2 fully saturated rings. The smallest absolute Gasteiger partial charge is 0.303 e. The van der Waals surface area contributed by atoms with Crippen molar-refractivity contribution < 1.29 is 15.0 Å². The van der Waals surface area contributed by atoms with Crippen LogP contribution in [0.4, 0.5) is 0 Å². The fraction of sp³-hybridized carbons (Fsp3) is 0.640. The average Bonchev–Trinajstić information content (AvgIpc) is 3.30. The maximum atomic E-state index is 10.7. The zero-order chi connectivity index (χ0) is 19.9. The van der Waals surface area contributed by atoms with Gasteiger partial charge in [0.15, 0.2) is 0 Å². The van der Waals surface area contributed by atoms with Crippen molar-refractivity contribution in [2.24, 2.45) is 23.7 Å². The van der Waals surface area contributed by atoms with Crippen LogP contribution >= 0.6 is 0 Å². The van der Waals surface area contributed by atoms with Crippen LogP contribution in [0.1, 0.15) is 76.2 Å². The molecule has 3 heteroatoms. The molecule has 0 radical (unpaired) electrons. The molecule has 2 N–H and O–H groups in total. The Morgan fingerprint density at radius 1 is 1.14 bits per heavy atom. The number of aliphatic hydroxyl groups is 1. The highest BCUT2D eigenvalue weighted by Gasteiger charge is 2.46. The molecule has 0 aliphatic heterocycles. The first-order chi connectivity index (χ1) is 13.6.